The van der Waals surface area contributed by atoms with Crippen molar-refractivity contribution >= 4 is 5.78 Å². The molecule has 0 radical (unpaired) electrons. The summed E-state index contributed by atoms with van der Waals surface area (Å²) < 4.78 is 42.3. The second-order valence-corrected chi connectivity index (χ2v) is 4.79. The molecule has 0 unspecified atom stereocenters. The van der Waals surface area contributed by atoms with Crippen LogP contribution in [0.3, 0.4) is 0 Å². The normalized spacial score (nSPS) is 15.3. The topological polar surface area (TPSA) is 43.1 Å². The zero-order chi connectivity index (χ0) is 14.3. The summed E-state index contributed by atoms with van der Waals surface area (Å²) in [7, 11) is 0. The van der Waals surface area contributed by atoms with Crippen LogP contribution in [0.15, 0.2) is 34.9 Å². The van der Waals surface area contributed by atoms with Crippen LogP contribution < -0.4 is 0 Å². The van der Waals surface area contributed by atoms with Crippen molar-refractivity contribution in [2.75, 3.05) is 0 Å². The molecule has 6 heteroatoms. The summed E-state index contributed by atoms with van der Waals surface area (Å²) in [6.07, 6.45) is -2.37. The quantitative estimate of drug-likeness (QED) is 0.804. The molecule has 20 heavy (non-hydrogen) atoms. The standard InChI is InChI=1S/C14H10F3NO2/c15-14(16,17)10-5-3-9(4-6-10)13(19)11-7-12(20-18-11)8-1-2-8/h3-8H,1-2H2. The molecule has 0 spiro atoms. The number of aromatic nitrogens is 1. The fraction of sp³-hybridized carbons (Fsp3) is 0.286. The maximum Gasteiger partial charge on any atom is 0.416 e. The third-order valence-corrected chi connectivity index (χ3v) is 3.22. The smallest absolute Gasteiger partial charge is 0.360 e. The molecule has 1 aromatic carbocycles. The highest BCUT2D eigenvalue weighted by atomic mass is 19.4. The van der Waals surface area contributed by atoms with E-state index in [1.807, 2.05) is 0 Å². The molecule has 0 bridgehead atoms. The summed E-state index contributed by atoms with van der Waals surface area (Å²) in [5.74, 6) is 0.561. The lowest BCUT2D eigenvalue weighted by atomic mass is 10.1. The maximum atomic E-state index is 12.4. The first kappa shape index (κ1) is 12.9. The maximum absolute atomic E-state index is 12.4. The number of halogens is 3. The second-order valence-electron chi connectivity index (χ2n) is 4.79. The van der Waals surface area contributed by atoms with Crippen molar-refractivity contribution in [1.82, 2.24) is 5.16 Å². The first-order chi connectivity index (χ1) is 9.45. The van der Waals surface area contributed by atoms with Gasteiger partial charge in [0.1, 0.15) is 5.76 Å². The molecule has 1 fully saturated rings. The van der Waals surface area contributed by atoms with Crippen molar-refractivity contribution < 1.29 is 22.5 Å². The molecule has 104 valence electrons. The molecule has 1 aliphatic rings. The Balaban J connectivity index is 1.82. The number of benzene rings is 1. The number of ketones is 1. The zero-order valence-electron chi connectivity index (χ0n) is 10.3. The Labute approximate surface area is 112 Å². The predicted octanol–water partition coefficient (Wildman–Crippen LogP) is 3.80. The summed E-state index contributed by atoms with van der Waals surface area (Å²) in [4.78, 5) is 12.1. The van der Waals surface area contributed by atoms with Crippen LogP contribution in [0.25, 0.3) is 0 Å². The number of rotatable bonds is 3. The van der Waals surface area contributed by atoms with Crippen LogP contribution in [0, 0.1) is 0 Å². The highest BCUT2D eigenvalue weighted by molar-refractivity contribution is 6.07. The molecule has 0 saturated heterocycles. The molecule has 0 aliphatic heterocycles. The van der Waals surface area contributed by atoms with E-state index in [9.17, 15) is 18.0 Å². The molecule has 0 atom stereocenters. The van der Waals surface area contributed by atoms with Gasteiger partial charge in [0, 0.05) is 17.5 Å². The molecular weight excluding hydrogens is 271 g/mol. The monoisotopic (exact) mass is 281 g/mol. The van der Waals surface area contributed by atoms with Crippen molar-refractivity contribution in [3.63, 3.8) is 0 Å². The molecule has 0 N–H and O–H groups in total. The first-order valence-corrected chi connectivity index (χ1v) is 6.14. The zero-order valence-corrected chi connectivity index (χ0v) is 10.3. The first-order valence-electron chi connectivity index (χ1n) is 6.14. The fourth-order valence-corrected chi connectivity index (χ4v) is 1.92. The van der Waals surface area contributed by atoms with Gasteiger partial charge in [0.15, 0.2) is 5.69 Å². The van der Waals surface area contributed by atoms with Crippen molar-refractivity contribution in [2.45, 2.75) is 24.9 Å². The van der Waals surface area contributed by atoms with Crippen LogP contribution >= 0.6 is 0 Å². The van der Waals surface area contributed by atoms with Crippen LogP contribution in [0.5, 0.6) is 0 Å². The third-order valence-electron chi connectivity index (χ3n) is 3.22. The van der Waals surface area contributed by atoms with Crippen LogP contribution in [-0.4, -0.2) is 10.9 Å². The van der Waals surface area contributed by atoms with E-state index in [1.54, 1.807) is 6.07 Å². The van der Waals surface area contributed by atoms with Crippen LogP contribution in [-0.2, 0) is 6.18 Å². The molecule has 1 heterocycles. The minimum absolute atomic E-state index is 0.131. The summed E-state index contributed by atoms with van der Waals surface area (Å²) in [5.41, 5.74) is -0.492. The Hall–Kier alpha value is -2.11. The molecule has 3 nitrogen and oxygen atoms in total. The van der Waals surface area contributed by atoms with Crippen LogP contribution in [0.4, 0.5) is 13.2 Å². The minimum Gasteiger partial charge on any atom is -0.360 e. The Morgan fingerprint density at radius 2 is 1.85 bits per heavy atom. The molecule has 1 aromatic heterocycles. The van der Waals surface area contributed by atoms with Crippen molar-refractivity contribution in [2.24, 2.45) is 0 Å². The number of hydrogen-bond acceptors (Lipinski definition) is 3. The molecule has 1 saturated carbocycles. The van der Waals surface area contributed by atoms with Gasteiger partial charge in [-0.05, 0) is 25.0 Å². The number of carbonyl (C=O) groups is 1. The average molecular weight is 281 g/mol. The Morgan fingerprint density at radius 3 is 2.40 bits per heavy atom. The van der Waals surface area contributed by atoms with Gasteiger partial charge in [-0.3, -0.25) is 4.79 Å². The van der Waals surface area contributed by atoms with Crippen molar-refractivity contribution in [3.8, 4) is 0 Å². The number of nitrogens with zero attached hydrogens (tertiary/aromatic N) is 1. The van der Waals surface area contributed by atoms with Crippen molar-refractivity contribution in [1.29, 1.82) is 0 Å². The van der Waals surface area contributed by atoms with Gasteiger partial charge in [-0.2, -0.15) is 13.2 Å². The largest absolute Gasteiger partial charge is 0.416 e. The SMILES string of the molecule is O=C(c1ccc(C(F)(F)F)cc1)c1cc(C2CC2)on1. The summed E-state index contributed by atoms with van der Waals surface area (Å²) in [6, 6.07) is 5.63. The Kier molecular flexibility index (Phi) is 2.88. The molecule has 3 rings (SSSR count). The van der Waals surface area contributed by atoms with E-state index >= 15 is 0 Å². The van der Waals surface area contributed by atoms with E-state index in [0.717, 1.165) is 37.1 Å². The molecular formula is C14H10F3NO2. The lowest BCUT2D eigenvalue weighted by molar-refractivity contribution is -0.137. The summed E-state index contributed by atoms with van der Waals surface area (Å²) in [6.45, 7) is 0. The minimum atomic E-state index is -4.41. The van der Waals surface area contributed by atoms with Gasteiger partial charge in [-0.15, -0.1) is 0 Å². The molecule has 2 aromatic rings. The Bertz CT molecular complexity index is 639. The summed E-state index contributed by atoms with van der Waals surface area (Å²) >= 11 is 0. The van der Waals surface area contributed by atoms with Gasteiger partial charge in [0.2, 0.25) is 5.78 Å². The van der Waals surface area contributed by atoms with E-state index in [0.29, 0.717) is 11.7 Å². The van der Waals surface area contributed by atoms with E-state index in [-0.39, 0.29) is 11.3 Å². The van der Waals surface area contributed by atoms with Crippen LogP contribution in [0.2, 0.25) is 0 Å². The van der Waals surface area contributed by atoms with E-state index in [1.165, 1.54) is 0 Å². The van der Waals surface area contributed by atoms with E-state index in [2.05, 4.69) is 5.16 Å². The van der Waals surface area contributed by atoms with E-state index < -0.39 is 17.5 Å². The van der Waals surface area contributed by atoms with Gasteiger partial charge >= 0.3 is 6.18 Å². The summed E-state index contributed by atoms with van der Waals surface area (Å²) in [5, 5.41) is 3.68. The number of hydrogen-bond donors (Lipinski definition) is 0. The highest BCUT2D eigenvalue weighted by Crippen LogP contribution is 2.40. The molecule has 1 aliphatic carbocycles. The van der Waals surface area contributed by atoms with Gasteiger partial charge in [0.25, 0.3) is 0 Å². The van der Waals surface area contributed by atoms with Gasteiger partial charge < -0.3 is 4.52 Å². The van der Waals surface area contributed by atoms with Gasteiger partial charge in [-0.25, -0.2) is 0 Å². The number of alkyl halides is 3. The van der Waals surface area contributed by atoms with Crippen LogP contribution in [0.1, 0.15) is 46.1 Å². The lowest BCUT2D eigenvalue weighted by Crippen LogP contribution is -2.06. The third kappa shape index (κ3) is 2.45. The predicted molar refractivity (Wildman–Crippen MR) is 63.4 cm³/mol. The average Bonchev–Trinajstić information content (AvgIpc) is 3.15. The lowest BCUT2D eigenvalue weighted by Gasteiger charge is -2.06. The fourth-order valence-electron chi connectivity index (χ4n) is 1.92. The van der Waals surface area contributed by atoms with Crippen molar-refractivity contribution in [3.05, 3.63) is 52.9 Å². The number of carbonyl (C=O) groups excluding carboxylic acids is 1. The van der Waals surface area contributed by atoms with Gasteiger partial charge in [0.05, 0.1) is 5.56 Å². The van der Waals surface area contributed by atoms with Gasteiger partial charge in [-0.1, -0.05) is 17.3 Å². The van der Waals surface area contributed by atoms with E-state index in [4.69, 9.17) is 4.52 Å². The highest BCUT2D eigenvalue weighted by Gasteiger charge is 2.31. The second kappa shape index (κ2) is 4.47. The molecule has 0 amide bonds. The Morgan fingerprint density at radius 1 is 1.20 bits per heavy atom.